The summed E-state index contributed by atoms with van der Waals surface area (Å²) >= 11 is 0. The third-order valence-corrected chi connectivity index (χ3v) is 10.2. The molecule has 0 radical (unpaired) electrons. The average molecular weight is 754 g/mol. The molecule has 1 amide bonds. The fourth-order valence-electron chi connectivity index (χ4n) is 6.10. The number of fused-ring (bicyclic) bond motifs is 1. The first-order valence-electron chi connectivity index (χ1n) is 14.4. The van der Waals surface area contributed by atoms with Gasteiger partial charge in [0.05, 0.1) is 10.6 Å². The number of amides is 1. The molecule has 7 nitrogen and oxygen atoms in total. The van der Waals surface area contributed by atoms with Crippen molar-refractivity contribution in [3.8, 4) is 11.3 Å². The number of oxazole rings is 1. The van der Waals surface area contributed by atoms with Crippen molar-refractivity contribution in [2.75, 3.05) is 13.1 Å². The Labute approximate surface area is 258 Å². The van der Waals surface area contributed by atoms with Gasteiger partial charge in [0.15, 0.2) is 5.76 Å². The van der Waals surface area contributed by atoms with Gasteiger partial charge in [0.2, 0.25) is 10.0 Å². The van der Waals surface area contributed by atoms with Gasteiger partial charge in [-0.2, -0.15) is 12.8 Å². The summed E-state index contributed by atoms with van der Waals surface area (Å²) in [6.07, 6.45) is 8.11. The molecule has 5 rings (SSSR count). The van der Waals surface area contributed by atoms with Crippen molar-refractivity contribution in [1.29, 1.82) is 0 Å². The van der Waals surface area contributed by atoms with Crippen molar-refractivity contribution in [2.24, 2.45) is 11.3 Å². The second-order valence-electron chi connectivity index (χ2n) is 12.7. The van der Waals surface area contributed by atoms with Gasteiger partial charge in [-0.25, -0.2) is 18.1 Å². The van der Waals surface area contributed by atoms with Crippen LogP contribution < -0.4 is 4.72 Å². The van der Waals surface area contributed by atoms with Crippen LogP contribution in [0.5, 0.6) is 0 Å². The molecule has 1 aliphatic heterocycles. The van der Waals surface area contributed by atoms with Crippen molar-refractivity contribution in [3.63, 3.8) is 0 Å². The fourth-order valence-corrected chi connectivity index (χ4v) is 7.73. The molecule has 3 aromatic rings. The maximum Gasteiger partial charge on any atom is 2.00 e. The number of benzene rings is 2. The monoisotopic (exact) mass is 755 g/mol. The smallest absolute Gasteiger partial charge is 0.432 e. The molecule has 2 heterocycles. The van der Waals surface area contributed by atoms with Gasteiger partial charge in [-0.1, -0.05) is 56.4 Å². The van der Waals surface area contributed by atoms with E-state index in [-0.39, 0.29) is 41.9 Å². The van der Waals surface area contributed by atoms with E-state index in [0.29, 0.717) is 30.2 Å². The first kappa shape index (κ1) is 31.9. The van der Waals surface area contributed by atoms with Gasteiger partial charge in [0.1, 0.15) is 0 Å². The van der Waals surface area contributed by atoms with Crippen LogP contribution in [0.1, 0.15) is 82.1 Å². The van der Waals surface area contributed by atoms with Crippen LogP contribution in [-0.2, 0) is 36.2 Å². The van der Waals surface area contributed by atoms with E-state index in [2.05, 4.69) is 18.6 Å². The van der Waals surface area contributed by atoms with Gasteiger partial charge in [-0.3, -0.25) is 4.79 Å². The molecular weight excluding hydrogens is 713 g/mol. The topological polar surface area (TPSA) is 92.5 Å². The predicted octanol–water partition coefficient (Wildman–Crippen LogP) is 6.58. The van der Waals surface area contributed by atoms with Crippen LogP contribution >= 0.6 is 0 Å². The molecule has 0 unspecified atom stereocenters. The molecule has 1 saturated carbocycles. The van der Waals surface area contributed by atoms with Crippen molar-refractivity contribution in [1.82, 2.24) is 14.6 Å². The summed E-state index contributed by atoms with van der Waals surface area (Å²) in [5.41, 5.74) is 0.859. The molecule has 1 saturated heterocycles. The number of carbonyl (C=O) groups is 1. The maximum absolute atomic E-state index is 13.5. The van der Waals surface area contributed by atoms with Crippen molar-refractivity contribution in [2.45, 2.75) is 82.6 Å². The summed E-state index contributed by atoms with van der Waals surface area (Å²) in [6.45, 7) is 14.8. The zero-order valence-electron chi connectivity index (χ0n) is 24.3. The largest absolute Gasteiger partial charge is 2.00 e. The fraction of sp³-hybridized carbons (Fsp3) is 0.500. The van der Waals surface area contributed by atoms with Crippen LogP contribution in [0.4, 0.5) is 0 Å². The molecule has 9 heteroatoms. The Kier molecular flexibility index (Phi) is 9.53. The summed E-state index contributed by atoms with van der Waals surface area (Å²) in [7, 11) is -3.78. The number of likely N-dealkylation sites (tertiary alicyclic amines) is 1. The molecule has 1 aliphatic carbocycles. The van der Waals surface area contributed by atoms with Crippen LogP contribution in [-0.4, -0.2) is 42.8 Å². The van der Waals surface area contributed by atoms with Crippen LogP contribution in [0.15, 0.2) is 45.7 Å². The Morgan fingerprint density at radius 2 is 1.68 bits per heavy atom. The number of hydrogen-bond acceptors (Lipinski definition) is 5. The van der Waals surface area contributed by atoms with E-state index in [1.807, 2.05) is 45.0 Å². The molecular formula is C32H41N3O4OsS. The van der Waals surface area contributed by atoms with Crippen LogP contribution in [0.3, 0.4) is 0 Å². The quantitative estimate of drug-likeness (QED) is 0.263. The number of carbonyl (C=O) groups excluding carboxylic acids is 1. The van der Waals surface area contributed by atoms with Gasteiger partial charge in [0.25, 0.3) is 5.89 Å². The van der Waals surface area contributed by atoms with Crippen LogP contribution in [0.25, 0.3) is 22.1 Å². The third-order valence-electron chi connectivity index (χ3n) is 8.35. The Hall–Kier alpha value is -2.07. The molecule has 2 fully saturated rings. The molecule has 1 N–H and O–H groups in total. The van der Waals surface area contributed by atoms with Gasteiger partial charge in [0, 0.05) is 29.6 Å². The summed E-state index contributed by atoms with van der Waals surface area (Å²) in [6, 6.07) is 10.9. The number of rotatable bonds is 8. The van der Waals surface area contributed by atoms with E-state index in [1.54, 1.807) is 17.0 Å². The number of aromatic nitrogens is 1. The van der Waals surface area contributed by atoms with Gasteiger partial charge < -0.3 is 23.2 Å². The minimum atomic E-state index is -3.78. The minimum absolute atomic E-state index is 0. The Morgan fingerprint density at radius 3 is 2.29 bits per heavy atom. The Bertz CT molecular complexity index is 1490. The van der Waals surface area contributed by atoms with E-state index in [1.165, 1.54) is 19.3 Å². The van der Waals surface area contributed by atoms with Crippen molar-refractivity contribution >= 4 is 26.7 Å². The van der Waals surface area contributed by atoms with Gasteiger partial charge in [-0.15, -0.1) is 0 Å². The standard InChI is InChI=1S/C32H41N3O4S.Os/c1-6-32(7-2)20-35(21-32)30(36)29-33-26(19-22-13-9-8-10-14-22)28(39-29)25-17-18-27(24-16-12-11-15-23(24)25)40(37,38)34-31(3,4)5;/h11-12,15-18,22,34H,1-2,6-10,13-14,19-21H2,3-5H3;/q-2;+2. The summed E-state index contributed by atoms with van der Waals surface area (Å²) in [5, 5.41) is 1.35. The van der Waals surface area contributed by atoms with Gasteiger partial charge in [-0.05, 0) is 56.0 Å². The van der Waals surface area contributed by atoms with E-state index in [4.69, 9.17) is 9.40 Å². The molecule has 0 atom stereocenters. The predicted molar refractivity (Wildman–Crippen MR) is 158 cm³/mol. The second-order valence-corrected chi connectivity index (χ2v) is 14.3. The average Bonchev–Trinajstić information content (AvgIpc) is 3.30. The SMILES string of the molecule is [CH2-]CC1(C[CH2-])CN(C(=O)c2nc(CC3CCCCC3)c(-c3ccc(S(=O)(=O)NC(C)(C)C)c4ccccc34)o2)C1.[Os+2]. The van der Waals surface area contributed by atoms with Crippen molar-refractivity contribution < 1.29 is 37.4 Å². The number of sulfonamides is 1. The minimum Gasteiger partial charge on any atom is -0.432 e. The molecule has 2 aromatic carbocycles. The van der Waals surface area contributed by atoms with E-state index < -0.39 is 15.6 Å². The van der Waals surface area contributed by atoms with E-state index in [0.717, 1.165) is 48.7 Å². The summed E-state index contributed by atoms with van der Waals surface area (Å²) in [5.74, 6) is 0.916. The zero-order chi connectivity index (χ0) is 28.7. The van der Waals surface area contributed by atoms with Crippen LogP contribution in [0.2, 0.25) is 0 Å². The molecule has 1 aromatic heterocycles. The molecule has 2 aliphatic rings. The number of hydrogen-bond donors (Lipinski definition) is 1. The van der Waals surface area contributed by atoms with Gasteiger partial charge >= 0.3 is 25.7 Å². The van der Waals surface area contributed by atoms with E-state index >= 15 is 0 Å². The van der Waals surface area contributed by atoms with E-state index in [9.17, 15) is 13.2 Å². The summed E-state index contributed by atoms with van der Waals surface area (Å²) < 4.78 is 35.8. The molecule has 41 heavy (non-hydrogen) atoms. The Balaban J connectivity index is 0.00000387. The maximum atomic E-state index is 13.5. The Morgan fingerprint density at radius 1 is 1.05 bits per heavy atom. The third kappa shape index (κ3) is 6.63. The zero-order valence-corrected chi connectivity index (χ0v) is 27.7. The first-order chi connectivity index (χ1) is 19.0. The second kappa shape index (κ2) is 12.3. The number of nitrogens with zero attached hydrogens (tertiary/aromatic N) is 2. The summed E-state index contributed by atoms with van der Waals surface area (Å²) in [4.78, 5) is 20.2. The molecule has 222 valence electrons. The molecule has 0 spiro atoms. The normalized spacial score (nSPS) is 17.7. The molecule has 0 bridgehead atoms. The number of nitrogens with one attached hydrogen (secondary N) is 1. The van der Waals surface area contributed by atoms with Crippen LogP contribution in [0, 0.1) is 25.2 Å². The van der Waals surface area contributed by atoms with Crippen molar-refractivity contribution in [3.05, 3.63) is 61.8 Å². The first-order valence-corrected chi connectivity index (χ1v) is 15.9.